The molecule has 1 N–H and O–H groups in total. The molecule has 24 heavy (non-hydrogen) atoms. The van der Waals surface area contributed by atoms with Crippen LogP contribution in [0.4, 0.5) is 0 Å². The van der Waals surface area contributed by atoms with Crippen molar-refractivity contribution in [3.63, 3.8) is 0 Å². The molecule has 0 radical (unpaired) electrons. The molecule has 122 valence electrons. The summed E-state index contributed by atoms with van der Waals surface area (Å²) in [6.45, 7) is 2.53. The summed E-state index contributed by atoms with van der Waals surface area (Å²) < 4.78 is 4.99. The predicted octanol–water partition coefficient (Wildman–Crippen LogP) is 3.02. The molecular formula is C17H15N3O3S. The zero-order valence-electron chi connectivity index (χ0n) is 13.2. The molecule has 1 aromatic carbocycles. The fourth-order valence-corrected chi connectivity index (χ4v) is 2.95. The van der Waals surface area contributed by atoms with E-state index in [4.69, 9.17) is 15.4 Å². The molecule has 2 aromatic rings. The first-order valence-electron chi connectivity index (χ1n) is 7.11. The summed E-state index contributed by atoms with van der Waals surface area (Å²) in [6, 6.07) is 11.2. The van der Waals surface area contributed by atoms with Gasteiger partial charge in [-0.3, -0.25) is 4.79 Å². The zero-order valence-corrected chi connectivity index (χ0v) is 14.0. The van der Waals surface area contributed by atoms with Crippen molar-refractivity contribution >= 4 is 28.8 Å². The normalized spacial score (nSPS) is 11.4. The van der Waals surface area contributed by atoms with E-state index in [0.29, 0.717) is 15.6 Å². The van der Waals surface area contributed by atoms with Crippen molar-refractivity contribution in [2.24, 2.45) is 5.92 Å². The lowest BCUT2D eigenvalue weighted by molar-refractivity contribution is -0.122. The molecule has 0 bridgehead atoms. The summed E-state index contributed by atoms with van der Waals surface area (Å²) in [6.07, 6.45) is 0. The number of ketones is 1. The molecule has 1 aromatic heterocycles. The number of aryl methyl sites for hydroxylation is 1. The van der Waals surface area contributed by atoms with Crippen LogP contribution in [0.5, 0.6) is 0 Å². The van der Waals surface area contributed by atoms with E-state index in [-0.39, 0.29) is 5.71 Å². The van der Waals surface area contributed by atoms with Crippen LogP contribution in [-0.2, 0) is 9.53 Å². The van der Waals surface area contributed by atoms with Crippen LogP contribution < -0.4 is 0 Å². The van der Waals surface area contributed by atoms with Crippen LogP contribution in [0.2, 0.25) is 0 Å². The molecule has 0 fully saturated rings. The van der Waals surface area contributed by atoms with E-state index in [1.54, 1.807) is 13.0 Å². The maximum absolute atomic E-state index is 12.2. The molecule has 0 amide bonds. The highest BCUT2D eigenvalue weighted by Crippen LogP contribution is 2.28. The number of benzene rings is 1. The highest BCUT2D eigenvalue weighted by Gasteiger charge is 2.23. The minimum absolute atomic E-state index is 0.0705. The molecule has 0 unspecified atom stereocenters. The van der Waals surface area contributed by atoms with Gasteiger partial charge >= 0.3 is 5.97 Å². The van der Waals surface area contributed by atoms with E-state index in [2.05, 4.69) is 4.98 Å². The second-order valence-electron chi connectivity index (χ2n) is 5.09. The summed E-state index contributed by atoms with van der Waals surface area (Å²) in [7, 11) is 0. The van der Waals surface area contributed by atoms with Crippen LogP contribution in [0.3, 0.4) is 0 Å². The lowest BCUT2D eigenvalue weighted by atomic mass is 10.0. The summed E-state index contributed by atoms with van der Waals surface area (Å²) in [5, 5.41) is 16.9. The van der Waals surface area contributed by atoms with E-state index >= 15 is 0 Å². The van der Waals surface area contributed by atoms with Gasteiger partial charge in [-0.15, -0.1) is 11.3 Å². The Hall–Kier alpha value is -2.85. The Morgan fingerprint density at radius 3 is 2.62 bits per heavy atom. The standard InChI is InChI=1S/C17H15N3O3S/c1-10(19)13(8-18)14(21)9-23-17(22)15-11(2)20-16(24-15)12-6-4-3-5-7-12/h3-7,13,19H,9H2,1-2H3/t13-/m0/s1. The van der Waals surface area contributed by atoms with Crippen molar-refractivity contribution in [3.8, 4) is 16.6 Å². The number of Topliss-reactive ketones (excluding diaryl/α,β-unsaturated/α-hetero) is 1. The van der Waals surface area contributed by atoms with E-state index in [9.17, 15) is 9.59 Å². The smallest absolute Gasteiger partial charge is 0.350 e. The number of aromatic nitrogens is 1. The van der Waals surface area contributed by atoms with Gasteiger partial charge in [-0.25, -0.2) is 9.78 Å². The Labute approximate surface area is 143 Å². The minimum atomic E-state index is -1.18. The summed E-state index contributed by atoms with van der Waals surface area (Å²) in [5.41, 5.74) is 1.35. The number of nitrogens with zero attached hydrogens (tertiary/aromatic N) is 2. The summed E-state index contributed by atoms with van der Waals surface area (Å²) in [4.78, 5) is 28.6. The molecule has 1 heterocycles. The van der Waals surface area contributed by atoms with Crippen LogP contribution in [0.1, 0.15) is 22.3 Å². The van der Waals surface area contributed by atoms with Crippen LogP contribution >= 0.6 is 11.3 Å². The molecule has 7 heteroatoms. The number of thiazole rings is 1. The van der Waals surface area contributed by atoms with Crippen molar-refractivity contribution in [1.29, 1.82) is 10.7 Å². The van der Waals surface area contributed by atoms with Crippen molar-refractivity contribution in [2.75, 3.05) is 6.61 Å². The molecule has 6 nitrogen and oxygen atoms in total. The van der Waals surface area contributed by atoms with Gasteiger partial charge in [-0.1, -0.05) is 30.3 Å². The van der Waals surface area contributed by atoms with Gasteiger partial charge in [-0.2, -0.15) is 5.26 Å². The Morgan fingerprint density at radius 2 is 2.04 bits per heavy atom. The Balaban J connectivity index is 2.09. The summed E-state index contributed by atoms with van der Waals surface area (Å²) in [5.74, 6) is -2.44. The third-order valence-corrected chi connectivity index (χ3v) is 4.42. The van der Waals surface area contributed by atoms with Crippen LogP contribution in [0.25, 0.3) is 10.6 Å². The first kappa shape index (κ1) is 17.5. The van der Waals surface area contributed by atoms with Crippen LogP contribution in [0.15, 0.2) is 30.3 Å². The molecule has 0 saturated heterocycles. The quantitative estimate of drug-likeness (QED) is 0.642. The monoisotopic (exact) mass is 341 g/mol. The Kier molecular flexibility index (Phi) is 5.55. The first-order chi connectivity index (χ1) is 11.4. The number of carbonyl (C=O) groups is 2. The molecule has 0 spiro atoms. The molecular weight excluding hydrogens is 326 g/mol. The van der Waals surface area contributed by atoms with Gasteiger partial charge in [0.05, 0.1) is 11.8 Å². The Bertz CT molecular complexity index is 821. The van der Waals surface area contributed by atoms with Gasteiger partial charge in [0.25, 0.3) is 0 Å². The number of nitrogens with one attached hydrogen (secondary N) is 1. The SMILES string of the molecule is CC(=N)[C@H](C#N)C(=O)COC(=O)c1sc(-c2ccccc2)nc1C. The minimum Gasteiger partial charge on any atom is -0.453 e. The summed E-state index contributed by atoms with van der Waals surface area (Å²) >= 11 is 1.19. The second-order valence-corrected chi connectivity index (χ2v) is 6.09. The van der Waals surface area contributed by atoms with E-state index in [1.165, 1.54) is 18.3 Å². The van der Waals surface area contributed by atoms with Gasteiger partial charge in [0.2, 0.25) is 0 Å². The maximum atomic E-state index is 12.2. The van der Waals surface area contributed by atoms with Gasteiger partial charge in [0.15, 0.2) is 12.4 Å². The van der Waals surface area contributed by atoms with Gasteiger partial charge in [0, 0.05) is 11.3 Å². The highest BCUT2D eigenvalue weighted by atomic mass is 32.1. The fraction of sp³-hybridized carbons (Fsp3) is 0.235. The molecule has 0 aliphatic carbocycles. The predicted molar refractivity (Wildman–Crippen MR) is 90.1 cm³/mol. The average Bonchev–Trinajstić information content (AvgIpc) is 2.95. The topological polar surface area (TPSA) is 104 Å². The highest BCUT2D eigenvalue weighted by molar-refractivity contribution is 7.17. The molecule has 0 saturated carbocycles. The van der Waals surface area contributed by atoms with Crippen LogP contribution in [-0.4, -0.2) is 29.1 Å². The lowest BCUT2D eigenvalue weighted by Gasteiger charge is -2.06. The van der Waals surface area contributed by atoms with E-state index in [0.717, 1.165) is 5.56 Å². The molecule has 0 aliphatic heterocycles. The number of esters is 1. The molecule has 0 aliphatic rings. The number of rotatable bonds is 6. The van der Waals surface area contributed by atoms with Crippen molar-refractivity contribution in [1.82, 2.24) is 4.98 Å². The third kappa shape index (κ3) is 3.91. The molecule has 2 rings (SSSR count). The lowest BCUT2D eigenvalue weighted by Crippen LogP contribution is -2.25. The van der Waals surface area contributed by atoms with Crippen molar-refractivity contribution in [2.45, 2.75) is 13.8 Å². The average molecular weight is 341 g/mol. The third-order valence-electron chi connectivity index (χ3n) is 3.23. The fourth-order valence-electron chi connectivity index (χ4n) is 1.99. The number of ether oxygens (including phenoxy) is 1. The number of hydrogen-bond donors (Lipinski definition) is 1. The Morgan fingerprint density at radius 1 is 1.38 bits per heavy atom. The zero-order chi connectivity index (χ0) is 17.7. The van der Waals surface area contributed by atoms with Gasteiger partial charge in [0.1, 0.15) is 15.8 Å². The number of carbonyl (C=O) groups excluding carboxylic acids is 2. The number of hydrogen-bond acceptors (Lipinski definition) is 7. The van der Waals surface area contributed by atoms with Crippen molar-refractivity contribution < 1.29 is 14.3 Å². The van der Waals surface area contributed by atoms with Gasteiger partial charge in [-0.05, 0) is 13.8 Å². The number of nitriles is 1. The van der Waals surface area contributed by atoms with E-state index in [1.807, 2.05) is 30.3 Å². The van der Waals surface area contributed by atoms with Gasteiger partial charge < -0.3 is 10.1 Å². The second kappa shape index (κ2) is 7.62. The van der Waals surface area contributed by atoms with Crippen LogP contribution in [0, 0.1) is 29.6 Å². The molecule has 1 atom stereocenters. The maximum Gasteiger partial charge on any atom is 0.350 e. The largest absolute Gasteiger partial charge is 0.453 e. The van der Waals surface area contributed by atoms with Crippen molar-refractivity contribution in [3.05, 3.63) is 40.9 Å². The first-order valence-corrected chi connectivity index (χ1v) is 7.93. The van der Waals surface area contributed by atoms with E-state index < -0.39 is 24.3 Å².